The Morgan fingerprint density at radius 2 is 1.46 bits per heavy atom. The minimum absolute atomic E-state index is 0.333. The van der Waals surface area contributed by atoms with Gasteiger partial charge in [-0.3, -0.25) is 0 Å². The van der Waals surface area contributed by atoms with E-state index in [0.29, 0.717) is 26.4 Å². The van der Waals surface area contributed by atoms with Crippen molar-refractivity contribution in [3.8, 4) is 0 Å². The van der Waals surface area contributed by atoms with Gasteiger partial charge in [0.1, 0.15) is 5.60 Å². The highest BCUT2D eigenvalue weighted by atomic mass is 16.5. The van der Waals surface area contributed by atoms with Crippen LogP contribution in [0, 0.1) is 0 Å². The van der Waals surface area contributed by atoms with E-state index in [1.165, 1.54) is 38.5 Å². The van der Waals surface area contributed by atoms with Crippen LogP contribution in [0.25, 0.3) is 0 Å². The smallest absolute Gasteiger partial charge is 0.113 e. The summed E-state index contributed by atoms with van der Waals surface area (Å²) in [5.74, 6) is 0. The second-order valence-electron chi connectivity index (χ2n) is 6.52. The molecule has 0 saturated carbocycles. The van der Waals surface area contributed by atoms with Crippen LogP contribution in [-0.4, -0.2) is 31.5 Å². The Labute approximate surface area is 148 Å². The van der Waals surface area contributed by atoms with E-state index in [2.05, 4.69) is 6.92 Å². The number of rotatable bonds is 15. The largest absolute Gasteiger partial charge is 0.383 e. The van der Waals surface area contributed by atoms with Crippen LogP contribution < -0.4 is 0 Å². The van der Waals surface area contributed by atoms with Crippen LogP contribution >= 0.6 is 0 Å². The van der Waals surface area contributed by atoms with E-state index in [9.17, 15) is 5.11 Å². The van der Waals surface area contributed by atoms with Crippen molar-refractivity contribution in [2.45, 2.75) is 70.8 Å². The average molecular weight is 337 g/mol. The molecule has 0 heterocycles. The molecule has 0 saturated heterocycles. The van der Waals surface area contributed by atoms with Gasteiger partial charge in [0, 0.05) is 6.61 Å². The zero-order valence-corrected chi connectivity index (χ0v) is 15.6. The van der Waals surface area contributed by atoms with Crippen molar-refractivity contribution >= 4 is 0 Å². The van der Waals surface area contributed by atoms with Gasteiger partial charge in [0.15, 0.2) is 0 Å². The normalized spacial score (nSPS) is 13.8. The van der Waals surface area contributed by atoms with Crippen molar-refractivity contribution in [1.29, 1.82) is 0 Å². The fourth-order valence-corrected chi connectivity index (χ4v) is 2.93. The van der Waals surface area contributed by atoms with Crippen molar-refractivity contribution in [2.24, 2.45) is 0 Å². The van der Waals surface area contributed by atoms with Gasteiger partial charge in [0.2, 0.25) is 0 Å². The summed E-state index contributed by atoms with van der Waals surface area (Å²) in [7, 11) is 0. The van der Waals surface area contributed by atoms with Gasteiger partial charge in [-0.25, -0.2) is 0 Å². The lowest BCUT2D eigenvalue weighted by molar-refractivity contribution is -0.0680. The molecule has 1 atom stereocenters. The first-order valence-corrected chi connectivity index (χ1v) is 9.66. The van der Waals surface area contributed by atoms with Gasteiger partial charge in [0.05, 0.1) is 19.8 Å². The van der Waals surface area contributed by atoms with Gasteiger partial charge in [-0.05, 0) is 18.9 Å². The van der Waals surface area contributed by atoms with Gasteiger partial charge >= 0.3 is 0 Å². The number of unbranched alkanes of at least 4 members (excludes halogenated alkanes) is 6. The van der Waals surface area contributed by atoms with E-state index in [0.717, 1.165) is 18.4 Å². The lowest BCUT2D eigenvalue weighted by atomic mass is 9.89. The number of benzene rings is 1. The molecule has 1 aromatic carbocycles. The molecule has 1 N–H and O–H groups in total. The molecule has 0 aliphatic carbocycles. The van der Waals surface area contributed by atoms with Crippen molar-refractivity contribution in [1.82, 2.24) is 0 Å². The maximum absolute atomic E-state index is 11.1. The minimum Gasteiger partial charge on any atom is -0.383 e. The third-order valence-electron chi connectivity index (χ3n) is 4.42. The monoisotopic (exact) mass is 336 g/mol. The molecule has 0 amide bonds. The Hall–Kier alpha value is -0.900. The first-order chi connectivity index (χ1) is 11.7. The predicted octanol–water partition coefficient (Wildman–Crippen LogP) is 5.07. The molecule has 3 nitrogen and oxygen atoms in total. The minimum atomic E-state index is -0.892. The number of hydrogen-bond donors (Lipinski definition) is 1. The summed E-state index contributed by atoms with van der Waals surface area (Å²) in [6.07, 6.45) is 9.48. The van der Waals surface area contributed by atoms with Gasteiger partial charge < -0.3 is 14.6 Å². The van der Waals surface area contributed by atoms with Crippen LogP contribution in [-0.2, 0) is 15.1 Å². The maximum atomic E-state index is 11.1. The van der Waals surface area contributed by atoms with E-state index in [-0.39, 0.29) is 0 Å². The quantitative estimate of drug-likeness (QED) is 0.455. The highest BCUT2D eigenvalue weighted by molar-refractivity contribution is 5.22. The molecule has 1 aromatic rings. The summed E-state index contributed by atoms with van der Waals surface area (Å²) >= 11 is 0. The second-order valence-corrected chi connectivity index (χ2v) is 6.52. The lowest BCUT2D eigenvalue weighted by Gasteiger charge is -2.28. The Morgan fingerprint density at radius 3 is 2.12 bits per heavy atom. The van der Waals surface area contributed by atoms with Crippen molar-refractivity contribution in [3.63, 3.8) is 0 Å². The van der Waals surface area contributed by atoms with Crippen LogP contribution in [0.4, 0.5) is 0 Å². The van der Waals surface area contributed by atoms with Crippen LogP contribution in [0.1, 0.15) is 70.8 Å². The van der Waals surface area contributed by atoms with Gasteiger partial charge in [0.25, 0.3) is 0 Å². The van der Waals surface area contributed by atoms with E-state index < -0.39 is 5.60 Å². The zero-order valence-electron chi connectivity index (χ0n) is 15.6. The Kier molecular flexibility index (Phi) is 11.8. The first-order valence-electron chi connectivity index (χ1n) is 9.66. The Bertz CT molecular complexity index is 393. The third kappa shape index (κ3) is 8.81. The van der Waals surface area contributed by atoms with Crippen LogP contribution in [0.3, 0.4) is 0 Å². The number of aliphatic hydroxyl groups is 1. The lowest BCUT2D eigenvalue weighted by Crippen LogP contribution is -2.32. The summed E-state index contributed by atoms with van der Waals surface area (Å²) < 4.78 is 11.0. The molecule has 0 aromatic heterocycles. The number of ether oxygens (including phenoxy) is 2. The summed E-state index contributed by atoms with van der Waals surface area (Å²) in [5.41, 5.74) is 0.0593. The van der Waals surface area contributed by atoms with Gasteiger partial charge in [-0.2, -0.15) is 0 Å². The first kappa shape index (κ1) is 21.1. The molecule has 138 valence electrons. The highest BCUT2D eigenvalue weighted by Gasteiger charge is 2.28. The molecule has 3 heteroatoms. The molecular weight excluding hydrogens is 300 g/mol. The summed E-state index contributed by atoms with van der Waals surface area (Å²) in [6, 6.07) is 9.92. The molecule has 0 bridgehead atoms. The fourth-order valence-electron chi connectivity index (χ4n) is 2.93. The molecule has 0 radical (unpaired) electrons. The molecular formula is C21H36O3. The second kappa shape index (κ2) is 13.4. The predicted molar refractivity (Wildman–Crippen MR) is 100 cm³/mol. The van der Waals surface area contributed by atoms with Crippen molar-refractivity contribution in [3.05, 3.63) is 35.9 Å². The molecule has 1 rings (SSSR count). The summed E-state index contributed by atoms with van der Waals surface area (Å²) in [6.45, 7) is 6.36. The molecule has 24 heavy (non-hydrogen) atoms. The fraction of sp³-hybridized carbons (Fsp3) is 0.714. The molecule has 0 fully saturated rings. The van der Waals surface area contributed by atoms with Crippen molar-refractivity contribution in [2.75, 3.05) is 26.4 Å². The third-order valence-corrected chi connectivity index (χ3v) is 4.42. The van der Waals surface area contributed by atoms with Gasteiger partial charge in [-0.1, -0.05) is 82.2 Å². The van der Waals surface area contributed by atoms with E-state index in [1.54, 1.807) is 0 Å². The van der Waals surface area contributed by atoms with E-state index in [1.807, 2.05) is 37.3 Å². The van der Waals surface area contributed by atoms with Crippen LogP contribution in [0.15, 0.2) is 30.3 Å². The van der Waals surface area contributed by atoms with Crippen LogP contribution in [0.2, 0.25) is 0 Å². The Morgan fingerprint density at radius 1 is 0.833 bits per heavy atom. The summed E-state index contributed by atoms with van der Waals surface area (Å²) in [5, 5.41) is 11.1. The molecule has 1 unspecified atom stereocenters. The van der Waals surface area contributed by atoms with Gasteiger partial charge in [-0.15, -0.1) is 0 Å². The average Bonchev–Trinajstić information content (AvgIpc) is 2.61. The van der Waals surface area contributed by atoms with Crippen molar-refractivity contribution < 1.29 is 14.6 Å². The Balaban J connectivity index is 2.40. The molecule has 0 aliphatic rings. The highest BCUT2D eigenvalue weighted by Crippen LogP contribution is 2.28. The molecule has 0 spiro atoms. The maximum Gasteiger partial charge on any atom is 0.113 e. The van der Waals surface area contributed by atoms with E-state index in [4.69, 9.17) is 9.47 Å². The molecule has 0 aliphatic heterocycles. The summed E-state index contributed by atoms with van der Waals surface area (Å²) in [4.78, 5) is 0. The van der Waals surface area contributed by atoms with Crippen LogP contribution in [0.5, 0.6) is 0 Å². The SMILES string of the molecule is CCCCCCCCCC(O)(COCCOCC)c1ccccc1. The zero-order chi connectivity index (χ0) is 17.5. The van der Waals surface area contributed by atoms with E-state index >= 15 is 0 Å². The number of hydrogen-bond acceptors (Lipinski definition) is 3. The topological polar surface area (TPSA) is 38.7 Å². The standard InChI is InChI=1S/C21H36O3/c1-3-5-6-7-8-9-13-16-21(22,19-24-18-17-23-4-2)20-14-11-10-12-15-20/h10-12,14-15,22H,3-9,13,16-19H2,1-2H3.